The van der Waals surface area contributed by atoms with E-state index in [2.05, 4.69) is 10.6 Å². The number of rotatable bonds is 7. The molecule has 3 rings (SSSR count). The van der Waals surface area contributed by atoms with E-state index in [1.807, 2.05) is 76.6 Å². The maximum atomic E-state index is 13.1. The molecule has 1 aromatic heterocycles. The molecule has 0 bridgehead atoms. The Morgan fingerprint density at radius 3 is 2.50 bits per heavy atom. The van der Waals surface area contributed by atoms with E-state index in [0.717, 1.165) is 30.2 Å². The third-order valence-electron chi connectivity index (χ3n) is 6.58. The molecule has 8 heteroatoms. The highest BCUT2D eigenvalue weighted by Crippen LogP contribution is 2.20. The van der Waals surface area contributed by atoms with E-state index in [0.29, 0.717) is 31.7 Å². The number of hydrogen-bond acceptors (Lipinski definition) is 4. The number of hydrogen-bond donors (Lipinski definition) is 2. The molecule has 1 aliphatic rings. The van der Waals surface area contributed by atoms with Crippen molar-refractivity contribution in [2.45, 2.75) is 71.9 Å². The molecule has 0 spiro atoms. The van der Waals surface area contributed by atoms with Crippen LogP contribution < -0.4 is 10.6 Å². The van der Waals surface area contributed by atoms with E-state index in [4.69, 9.17) is 4.74 Å². The summed E-state index contributed by atoms with van der Waals surface area (Å²) in [5.41, 5.74) is 0.990. The number of aromatic nitrogens is 1. The quantitative estimate of drug-likeness (QED) is 0.589. The molecule has 1 unspecified atom stereocenters. The van der Waals surface area contributed by atoms with E-state index >= 15 is 0 Å². The lowest BCUT2D eigenvalue weighted by atomic mass is 9.99. The average molecular weight is 499 g/mol. The minimum Gasteiger partial charge on any atom is -0.444 e. The number of amides is 3. The fraction of sp³-hybridized carbons (Fsp3) is 0.607. The van der Waals surface area contributed by atoms with Crippen LogP contribution in [-0.4, -0.2) is 58.7 Å². The molecule has 198 valence electrons. The van der Waals surface area contributed by atoms with Gasteiger partial charge < -0.3 is 24.8 Å². The van der Waals surface area contributed by atoms with Crippen LogP contribution in [0, 0.1) is 11.8 Å². The minimum atomic E-state index is -0.612. The number of carbonyl (C=O) groups is 3. The normalized spacial score (nSPS) is 17.5. The van der Waals surface area contributed by atoms with Crippen molar-refractivity contribution in [3.05, 3.63) is 36.0 Å². The van der Waals surface area contributed by atoms with Gasteiger partial charge in [-0.25, -0.2) is 4.79 Å². The van der Waals surface area contributed by atoms with Gasteiger partial charge in [-0.2, -0.15) is 0 Å². The number of nitrogens with one attached hydrogen (secondary N) is 2. The lowest BCUT2D eigenvalue weighted by molar-refractivity contribution is -0.123. The van der Waals surface area contributed by atoms with Crippen molar-refractivity contribution in [1.29, 1.82) is 0 Å². The Labute approximate surface area is 214 Å². The summed E-state index contributed by atoms with van der Waals surface area (Å²) in [6, 6.07) is 9.08. The molecule has 0 saturated carbocycles. The molecule has 3 amide bonds. The predicted molar refractivity (Wildman–Crippen MR) is 142 cm³/mol. The molecule has 2 heterocycles. The van der Waals surface area contributed by atoms with Crippen molar-refractivity contribution < 1.29 is 19.1 Å². The number of likely N-dealkylation sites (tertiary alicyclic amines) is 1. The van der Waals surface area contributed by atoms with Gasteiger partial charge in [0.2, 0.25) is 5.91 Å². The Morgan fingerprint density at radius 2 is 1.83 bits per heavy atom. The number of aryl methyl sites for hydroxylation is 1. The number of benzene rings is 1. The van der Waals surface area contributed by atoms with Crippen LogP contribution in [0.4, 0.5) is 4.79 Å². The highest BCUT2D eigenvalue weighted by molar-refractivity contribution is 6.00. The van der Waals surface area contributed by atoms with Crippen LogP contribution in [0.5, 0.6) is 0 Å². The number of ether oxygens (including phenoxy) is 1. The van der Waals surface area contributed by atoms with E-state index in [9.17, 15) is 14.4 Å². The number of carbonyl (C=O) groups excluding carboxylic acids is 3. The first-order valence-electron chi connectivity index (χ1n) is 13.1. The maximum Gasteiger partial charge on any atom is 0.410 e. The molecule has 1 saturated heterocycles. The molecule has 1 aliphatic heterocycles. The van der Waals surface area contributed by atoms with Gasteiger partial charge in [0.05, 0.1) is 0 Å². The Balaban J connectivity index is 1.57. The molecule has 8 nitrogen and oxygen atoms in total. The molecule has 0 aliphatic carbocycles. The van der Waals surface area contributed by atoms with Gasteiger partial charge in [-0.05, 0) is 70.4 Å². The van der Waals surface area contributed by atoms with E-state index in [1.165, 1.54) is 0 Å². The minimum absolute atomic E-state index is 0.163. The van der Waals surface area contributed by atoms with Crippen molar-refractivity contribution in [2.75, 3.05) is 19.6 Å². The van der Waals surface area contributed by atoms with Crippen LogP contribution >= 0.6 is 0 Å². The van der Waals surface area contributed by atoms with Crippen LogP contribution in [0.25, 0.3) is 10.9 Å². The summed E-state index contributed by atoms with van der Waals surface area (Å²) in [5, 5.41) is 7.03. The molecule has 2 N–H and O–H groups in total. The lowest BCUT2D eigenvalue weighted by Crippen LogP contribution is -2.48. The SMILES string of the molecule is CC(C)C[C@H](NC(=O)c1cc2ccccc2n1C)C(=O)NCC1CCCN(C(=O)OC(C)(C)C)CC1. The van der Waals surface area contributed by atoms with Gasteiger partial charge in [-0.1, -0.05) is 32.0 Å². The van der Waals surface area contributed by atoms with Crippen molar-refractivity contribution in [3.8, 4) is 0 Å². The molecular formula is C28H42N4O4. The van der Waals surface area contributed by atoms with E-state index in [1.54, 1.807) is 4.90 Å². The summed E-state index contributed by atoms with van der Waals surface area (Å²) >= 11 is 0. The van der Waals surface area contributed by atoms with Gasteiger partial charge in [0.25, 0.3) is 5.91 Å². The number of fused-ring (bicyclic) bond motifs is 1. The Morgan fingerprint density at radius 1 is 1.11 bits per heavy atom. The van der Waals surface area contributed by atoms with Crippen molar-refractivity contribution in [2.24, 2.45) is 18.9 Å². The molecule has 0 radical (unpaired) electrons. The van der Waals surface area contributed by atoms with E-state index < -0.39 is 11.6 Å². The fourth-order valence-corrected chi connectivity index (χ4v) is 4.69. The standard InChI is InChI=1S/C28H42N4O4/c1-19(2)16-22(30-26(34)24-17-21-11-7-8-12-23(21)31(24)6)25(33)29-18-20-10-9-14-32(15-13-20)27(35)36-28(3,4)5/h7-8,11-12,17,19-20,22H,9-10,13-16,18H2,1-6H3,(H,29,33)(H,30,34)/t20?,22-/m0/s1. The average Bonchev–Trinajstić information content (AvgIpc) is 2.96. The molecule has 36 heavy (non-hydrogen) atoms. The number of nitrogens with zero attached hydrogens (tertiary/aromatic N) is 2. The van der Waals surface area contributed by atoms with Crippen molar-refractivity contribution >= 4 is 28.8 Å². The third-order valence-corrected chi connectivity index (χ3v) is 6.58. The summed E-state index contributed by atoms with van der Waals surface area (Å²) < 4.78 is 7.37. The summed E-state index contributed by atoms with van der Waals surface area (Å²) in [6.07, 6.45) is 2.87. The van der Waals surface area contributed by atoms with Crippen LogP contribution in [0.15, 0.2) is 30.3 Å². The van der Waals surface area contributed by atoms with E-state index in [-0.39, 0.29) is 29.7 Å². The van der Waals surface area contributed by atoms with Gasteiger partial charge >= 0.3 is 6.09 Å². The highest BCUT2D eigenvalue weighted by Gasteiger charge is 2.27. The van der Waals surface area contributed by atoms with Crippen LogP contribution in [0.1, 0.15) is 70.8 Å². The van der Waals surface area contributed by atoms with Gasteiger partial charge in [0.15, 0.2) is 0 Å². The number of para-hydroxylation sites is 1. The Bertz CT molecular complexity index is 1070. The molecule has 1 aromatic carbocycles. The smallest absolute Gasteiger partial charge is 0.410 e. The van der Waals surface area contributed by atoms with Crippen molar-refractivity contribution in [3.63, 3.8) is 0 Å². The largest absolute Gasteiger partial charge is 0.444 e. The summed E-state index contributed by atoms with van der Waals surface area (Å²) in [6.45, 7) is 11.5. The van der Waals surface area contributed by atoms with Crippen molar-refractivity contribution in [1.82, 2.24) is 20.1 Å². The highest BCUT2D eigenvalue weighted by atomic mass is 16.6. The first-order chi connectivity index (χ1) is 16.9. The van der Waals surface area contributed by atoms with Gasteiger partial charge in [0, 0.05) is 37.6 Å². The monoisotopic (exact) mass is 498 g/mol. The topological polar surface area (TPSA) is 92.7 Å². The Kier molecular flexibility index (Phi) is 9.03. The molecule has 2 aromatic rings. The lowest BCUT2D eigenvalue weighted by Gasteiger charge is -2.26. The fourth-order valence-electron chi connectivity index (χ4n) is 4.69. The second-order valence-electron chi connectivity index (χ2n) is 11.3. The molecule has 2 atom stereocenters. The zero-order valence-electron chi connectivity index (χ0n) is 22.6. The summed E-state index contributed by atoms with van der Waals surface area (Å²) in [5.74, 6) is 0.102. The zero-order valence-corrected chi connectivity index (χ0v) is 22.6. The van der Waals surface area contributed by atoms with Gasteiger partial charge in [0.1, 0.15) is 17.3 Å². The van der Waals surface area contributed by atoms with Gasteiger partial charge in [-0.3, -0.25) is 9.59 Å². The summed E-state index contributed by atoms with van der Waals surface area (Å²) in [7, 11) is 1.86. The first kappa shape index (κ1) is 27.6. The maximum absolute atomic E-state index is 13.1. The zero-order chi connectivity index (χ0) is 26.5. The van der Waals surface area contributed by atoms with Crippen LogP contribution in [0.2, 0.25) is 0 Å². The Hall–Kier alpha value is -3.03. The predicted octanol–water partition coefficient (Wildman–Crippen LogP) is 4.48. The summed E-state index contributed by atoms with van der Waals surface area (Å²) in [4.78, 5) is 40.5. The second kappa shape index (κ2) is 11.8. The van der Waals surface area contributed by atoms with Crippen LogP contribution in [0.3, 0.4) is 0 Å². The molecular weight excluding hydrogens is 456 g/mol. The molecule has 1 fully saturated rings. The van der Waals surface area contributed by atoms with Crippen LogP contribution in [-0.2, 0) is 16.6 Å². The first-order valence-corrected chi connectivity index (χ1v) is 13.1. The van der Waals surface area contributed by atoms with Gasteiger partial charge in [-0.15, -0.1) is 0 Å². The third kappa shape index (κ3) is 7.48. The second-order valence-corrected chi connectivity index (χ2v) is 11.3.